The Balaban J connectivity index is 2.16. The summed E-state index contributed by atoms with van der Waals surface area (Å²) in [4.78, 5) is 7.02. The van der Waals surface area contributed by atoms with E-state index in [0.29, 0.717) is 6.04 Å². The van der Waals surface area contributed by atoms with Gasteiger partial charge in [0.15, 0.2) is 5.82 Å². The maximum absolute atomic E-state index is 6.06. The summed E-state index contributed by atoms with van der Waals surface area (Å²) in [6, 6.07) is 4.62. The van der Waals surface area contributed by atoms with Gasteiger partial charge in [0.2, 0.25) is 0 Å². The van der Waals surface area contributed by atoms with Crippen LogP contribution in [0.15, 0.2) is 12.1 Å². The van der Waals surface area contributed by atoms with Crippen LogP contribution in [0.3, 0.4) is 0 Å². The fourth-order valence-electron chi connectivity index (χ4n) is 2.03. The summed E-state index contributed by atoms with van der Waals surface area (Å²) in [6.45, 7) is 7.62. The third kappa shape index (κ3) is 3.11. The number of rotatable bonds is 5. The first kappa shape index (κ1) is 12.2. The molecule has 3 heteroatoms. The molecule has 2 rings (SSSR count). The number of hydrogen-bond donors (Lipinski definition) is 1. The molecule has 0 atom stereocenters. The molecule has 1 aliphatic rings. The van der Waals surface area contributed by atoms with Crippen LogP contribution in [-0.2, 0) is 0 Å². The van der Waals surface area contributed by atoms with Gasteiger partial charge in [-0.3, -0.25) is 0 Å². The Morgan fingerprint density at radius 1 is 1.41 bits per heavy atom. The maximum atomic E-state index is 6.06. The van der Waals surface area contributed by atoms with E-state index in [1.54, 1.807) is 0 Å². The molecule has 0 radical (unpaired) electrons. The summed E-state index contributed by atoms with van der Waals surface area (Å²) < 4.78 is 0. The molecule has 1 aliphatic carbocycles. The van der Waals surface area contributed by atoms with Gasteiger partial charge in [0.25, 0.3) is 0 Å². The first-order valence-corrected chi connectivity index (χ1v) is 6.57. The minimum Gasteiger partial charge on any atom is -0.396 e. The monoisotopic (exact) mass is 233 g/mol. The molecule has 0 amide bonds. The van der Waals surface area contributed by atoms with Gasteiger partial charge in [-0.2, -0.15) is 0 Å². The molecule has 1 saturated carbocycles. The zero-order valence-corrected chi connectivity index (χ0v) is 11.1. The average molecular weight is 233 g/mol. The van der Waals surface area contributed by atoms with E-state index in [2.05, 4.69) is 23.7 Å². The molecule has 3 nitrogen and oxygen atoms in total. The van der Waals surface area contributed by atoms with E-state index in [4.69, 9.17) is 5.73 Å². The van der Waals surface area contributed by atoms with Crippen LogP contribution < -0.4 is 10.6 Å². The summed E-state index contributed by atoms with van der Waals surface area (Å²) in [5.74, 6) is 1.72. The Kier molecular flexibility index (Phi) is 3.55. The number of pyridine rings is 1. The van der Waals surface area contributed by atoms with E-state index in [1.807, 2.05) is 19.1 Å². The van der Waals surface area contributed by atoms with Gasteiger partial charge in [0, 0.05) is 18.3 Å². The van der Waals surface area contributed by atoms with Crippen LogP contribution in [0, 0.1) is 12.8 Å². The summed E-state index contributed by atoms with van der Waals surface area (Å²) in [5.41, 5.74) is 7.92. The minimum atomic E-state index is 0.672. The van der Waals surface area contributed by atoms with Crippen molar-refractivity contribution in [1.29, 1.82) is 0 Å². The van der Waals surface area contributed by atoms with Gasteiger partial charge in [0.05, 0.1) is 5.69 Å². The van der Waals surface area contributed by atoms with Crippen molar-refractivity contribution < 1.29 is 0 Å². The smallest absolute Gasteiger partial charge is 0.152 e. The third-order valence-corrected chi connectivity index (χ3v) is 3.25. The van der Waals surface area contributed by atoms with E-state index >= 15 is 0 Å². The fourth-order valence-corrected chi connectivity index (χ4v) is 2.03. The molecule has 2 N–H and O–H groups in total. The highest BCUT2D eigenvalue weighted by molar-refractivity contribution is 5.63. The van der Waals surface area contributed by atoms with Crippen molar-refractivity contribution in [2.24, 2.45) is 5.92 Å². The SMILES string of the molecule is Cc1ccc(N)c(N(CCC(C)C)C2CC2)n1. The highest BCUT2D eigenvalue weighted by Gasteiger charge is 2.30. The highest BCUT2D eigenvalue weighted by atomic mass is 15.2. The molecule has 0 bridgehead atoms. The molecule has 1 aromatic heterocycles. The second-order valence-corrected chi connectivity index (χ2v) is 5.47. The van der Waals surface area contributed by atoms with Crippen molar-refractivity contribution in [2.45, 2.75) is 46.1 Å². The van der Waals surface area contributed by atoms with Crippen LogP contribution in [0.25, 0.3) is 0 Å². The van der Waals surface area contributed by atoms with Gasteiger partial charge in [-0.1, -0.05) is 13.8 Å². The van der Waals surface area contributed by atoms with Gasteiger partial charge in [-0.05, 0) is 44.2 Å². The lowest BCUT2D eigenvalue weighted by atomic mass is 10.1. The first-order chi connectivity index (χ1) is 8.08. The fraction of sp³-hybridized carbons (Fsp3) is 0.643. The number of nitrogens with zero attached hydrogens (tertiary/aromatic N) is 2. The van der Waals surface area contributed by atoms with Crippen molar-refractivity contribution in [3.05, 3.63) is 17.8 Å². The molecule has 0 aliphatic heterocycles. The van der Waals surface area contributed by atoms with Gasteiger partial charge < -0.3 is 10.6 Å². The second kappa shape index (κ2) is 4.94. The van der Waals surface area contributed by atoms with Crippen molar-refractivity contribution in [2.75, 3.05) is 17.2 Å². The Bertz CT molecular complexity index is 383. The van der Waals surface area contributed by atoms with Crippen molar-refractivity contribution in [3.63, 3.8) is 0 Å². The van der Waals surface area contributed by atoms with Crippen molar-refractivity contribution in [1.82, 2.24) is 4.98 Å². The number of hydrogen-bond acceptors (Lipinski definition) is 3. The summed E-state index contributed by atoms with van der Waals surface area (Å²) in [7, 11) is 0. The highest BCUT2D eigenvalue weighted by Crippen LogP contribution is 2.34. The number of aryl methyl sites for hydroxylation is 1. The Morgan fingerprint density at radius 3 is 2.71 bits per heavy atom. The molecule has 17 heavy (non-hydrogen) atoms. The zero-order chi connectivity index (χ0) is 12.4. The van der Waals surface area contributed by atoms with Crippen LogP contribution in [0.5, 0.6) is 0 Å². The van der Waals surface area contributed by atoms with Crippen LogP contribution in [-0.4, -0.2) is 17.6 Å². The Morgan fingerprint density at radius 2 is 2.12 bits per heavy atom. The van der Waals surface area contributed by atoms with Gasteiger partial charge in [-0.15, -0.1) is 0 Å². The zero-order valence-electron chi connectivity index (χ0n) is 11.1. The molecule has 1 heterocycles. The predicted molar refractivity (Wildman–Crippen MR) is 73.2 cm³/mol. The largest absolute Gasteiger partial charge is 0.396 e. The normalized spacial score (nSPS) is 15.3. The van der Waals surface area contributed by atoms with E-state index < -0.39 is 0 Å². The van der Waals surface area contributed by atoms with Crippen LogP contribution in [0.4, 0.5) is 11.5 Å². The molecule has 94 valence electrons. The topological polar surface area (TPSA) is 42.1 Å². The maximum Gasteiger partial charge on any atom is 0.152 e. The molecule has 0 spiro atoms. The predicted octanol–water partition coefficient (Wildman–Crippen LogP) is 2.99. The van der Waals surface area contributed by atoms with E-state index in [9.17, 15) is 0 Å². The van der Waals surface area contributed by atoms with Crippen LogP contribution in [0.1, 0.15) is 38.8 Å². The lowest BCUT2D eigenvalue weighted by Crippen LogP contribution is -2.29. The summed E-state index contributed by atoms with van der Waals surface area (Å²) in [5, 5.41) is 0. The number of aromatic nitrogens is 1. The van der Waals surface area contributed by atoms with E-state index in [-0.39, 0.29) is 0 Å². The van der Waals surface area contributed by atoms with Gasteiger partial charge >= 0.3 is 0 Å². The number of nitrogens with two attached hydrogens (primary N) is 1. The molecule has 0 unspecified atom stereocenters. The minimum absolute atomic E-state index is 0.672. The van der Waals surface area contributed by atoms with Gasteiger partial charge in [0.1, 0.15) is 0 Å². The number of anilines is 2. The average Bonchev–Trinajstić information content (AvgIpc) is 3.07. The van der Waals surface area contributed by atoms with E-state index in [0.717, 1.165) is 29.7 Å². The molecule has 0 aromatic carbocycles. The standard InChI is InChI=1S/C14H23N3/c1-10(2)8-9-17(12-5-6-12)14-13(15)7-4-11(3)16-14/h4,7,10,12H,5-6,8-9,15H2,1-3H3. The summed E-state index contributed by atoms with van der Waals surface area (Å²) in [6.07, 6.45) is 3.77. The lowest BCUT2D eigenvalue weighted by Gasteiger charge is -2.26. The first-order valence-electron chi connectivity index (χ1n) is 6.57. The molecule has 0 saturated heterocycles. The van der Waals surface area contributed by atoms with E-state index in [1.165, 1.54) is 19.3 Å². The molecule has 1 aromatic rings. The van der Waals surface area contributed by atoms with Crippen molar-refractivity contribution >= 4 is 11.5 Å². The van der Waals surface area contributed by atoms with Crippen LogP contribution in [0.2, 0.25) is 0 Å². The third-order valence-electron chi connectivity index (χ3n) is 3.25. The lowest BCUT2D eigenvalue weighted by molar-refractivity contribution is 0.568. The van der Waals surface area contributed by atoms with Crippen molar-refractivity contribution in [3.8, 4) is 0 Å². The van der Waals surface area contributed by atoms with Gasteiger partial charge in [-0.25, -0.2) is 4.98 Å². The second-order valence-electron chi connectivity index (χ2n) is 5.47. The van der Waals surface area contributed by atoms with Crippen LogP contribution >= 0.6 is 0 Å². The number of nitrogen functional groups attached to an aromatic ring is 1. The summed E-state index contributed by atoms with van der Waals surface area (Å²) >= 11 is 0. The Labute approximate surface area is 104 Å². The molecular formula is C14H23N3. The molecule has 1 fully saturated rings. The Hall–Kier alpha value is -1.25. The molecular weight excluding hydrogens is 210 g/mol. The quantitative estimate of drug-likeness (QED) is 0.850.